The Morgan fingerprint density at radius 1 is 1.73 bits per heavy atom. The maximum Gasteiger partial charge on any atom is 0.184 e. The topological polar surface area (TPSA) is 54.2 Å². The van der Waals surface area contributed by atoms with E-state index in [1.54, 1.807) is 6.20 Å². The molecule has 1 aromatic heterocycles. The van der Waals surface area contributed by atoms with Gasteiger partial charge in [-0.2, -0.15) is 0 Å². The van der Waals surface area contributed by atoms with Crippen LogP contribution in [0.4, 0.5) is 10.1 Å². The molecule has 0 aliphatic carbocycles. The lowest BCUT2D eigenvalue weighted by Gasteiger charge is -2.22. The maximum atomic E-state index is 5.62. The van der Waals surface area contributed by atoms with E-state index in [2.05, 4.69) is 22.1 Å². The van der Waals surface area contributed by atoms with Gasteiger partial charge in [0, 0.05) is 12.6 Å². The summed E-state index contributed by atoms with van der Waals surface area (Å²) in [5.74, 6) is 0. The molecule has 1 unspecified atom stereocenters. The number of nitrogen functional groups attached to an aromatic ring is 1. The van der Waals surface area contributed by atoms with Crippen LogP contribution in [0.1, 0.15) is 19.8 Å². The summed E-state index contributed by atoms with van der Waals surface area (Å²) in [5, 5.41) is 5.07. The average Bonchev–Trinajstić information content (AvgIpc) is 2.83. The second-order valence-electron chi connectivity index (χ2n) is 3.87. The van der Waals surface area contributed by atoms with Crippen LogP contribution in [0.25, 0.3) is 0 Å². The fourth-order valence-corrected chi connectivity index (χ4v) is 2.71. The Kier molecular flexibility index (Phi) is 3.43. The fraction of sp³-hybridized carbons (Fsp3) is 0.700. The number of rotatable bonds is 4. The number of anilines is 2. The van der Waals surface area contributed by atoms with Crippen molar-refractivity contribution in [1.29, 1.82) is 0 Å². The molecule has 1 saturated heterocycles. The zero-order valence-electron chi connectivity index (χ0n) is 9.07. The van der Waals surface area contributed by atoms with Gasteiger partial charge in [0.1, 0.15) is 5.00 Å². The molecule has 1 aromatic rings. The third-order valence-electron chi connectivity index (χ3n) is 2.92. The van der Waals surface area contributed by atoms with Gasteiger partial charge in [-0.1, -0.05) is 18.3 Å². The quantitative estimate of drug-likeness (QED) is 0.819. The van der Waals surface area contributed by atoms with Crippen molar-refractivity contribution in [3.8, 4) is 0 Å². The van der Waals surface area contributed by atoms with Gasteiger partial charge in [0.2, 0.25) is 0 Å². The number of nitrogens with one attached hydrogen (secondary N) is 1. The lowest BCUT2D eigenvalue weighted by molar-refractivity contribution is 0.277. The molecule has 3 N–H and O–H groups in total. The number of aromatic nitrogens is 1. The Bertz CT molecular complexity index is 312. The van der Waals surface area contributed by atoms with Gasteiger partial charge >= 0.3 is 0 Å². The molecular formula is C10H18N4S. The van der Waals surface area contributed by atoms with Crippen molar-refractivity contribution in [3.63, 3.8) is 0 Å². The lowest BCUT2D eigenvalue weighted by Crippen LogP contribution is -2.34. The average molecular weight is 226 g/mol. The summed E-state index contributed by atoms with van der Waals surface area (Å²) in [5.41, 5.74) is 5.62. The monoisotopic (exact) mass is 226 g/mol. The SMILES string of the molecule is CCN1CCCC1CNc1ncc(N)s1. The number of thiazole rings is 1. The number of nitrogens with zero attached hydrogens (tertiary/aromatic N) is 2. The minimum Gasteiger partial charge on any atom is -0.389 e. The first-order valence-electron chi connectivity index (χ1n) is 5.49. The molecule has 0 amide bonds. The number of hydrogen-bond acceptors (Lipinski definition) is 5. The van der Waals surface area contributed by atoms with Gasteiger partial charge in [-0.25, -0.2) is 4.98 Å². The van der Waals surface area contributed by atoms with Gasteiger partial charge in [0.15, 0.2) is 5.13 Å². The predicted octanol–water partition coefficient (Wildman–Crippen LogP) is 1.62. The molecule has 1 aliphatic rings. The largest absolute Gasteiger partial charge is 0.389 e. The van der Waals surface area contributed by atoms with Crippen LogP contribution >= 0.6 is 11.3 Å². The second kappa shape index (κ2) is 4.81. The van der Waals surface area contributed by atoms with E-state index in [1.807, 2.05) is 0 Å². The van der Waals surface area contributed by atoms with E-state index in [0.29, 0.717) is 6.04 Å². The summed E-state index contributed by atoms with van der Waals surface area (Å²) in [6, 6.07) is 0.667. The summed E-state index contributed by atoms with van der Waals surface area (Å²) in [6.07, 6.45) is 4.32. The normalized spacial score (nSPS) is 22.1. The third-order valence-corrected chi connectivity index (χ3v) is 3.70. The highest BCUT2D eigenvalue weighted by Crippen LogP contribution is 2.21. The van der Waals surface area contributed by atoms with Crippen molar-refractivity contribution in [3.05, 3.63) is 6.20 Å². The van der Waals surface area contributed by atoms with Gasteiger partial charge in [-0.3, -0.25) is 4.90 Å². The standard InChI is InChI=1S/C10H18N4S/c1-2-14-5-3-4-8(14)6-12-10-13-7-9(11)15-10/h7-8H,2-6,11H2,1H3,(H,12,13). The van der Waals surface area contributed by atoms with E-state index in [9.17, 15) is 0 Å². The summed E-state index contributed by atoms with van der Waals surface area (Å²) in [6.45, 7) is 5.59. The molecule has 2 heterocycles. The molecule has 2 rings (SSSR count). The summed E-state index contributed by atoms with van der Waals surface area (Å²) in [7, 11) is 0. The van der Waals surface area contributed by atoms with Crippen molar-refractivity contribution >= 4 is 21.5 Å². The Hall–Kier alpha value is -0.810. The number of hydrogen-bond donors (Lipinski definition) is 2. The molecule has 1 fully saturated rings. The van der Waals surface area contributed by atoms with Crippen molar-refractivity contribution < 1.29 is 0 Å². The molecule has 1 aliphatic heterocycles. The third kappa shape index (κ3) is 2.60. The number of nitrogens with two attached hydrogens (primary N) is 1. The number of likely N-dealkylation sites (tertiary alicyclic amines) is 1. The molecule has 0 aromatic carbocycles. The van der Waals surface area contributed by atoms with Gasteiger partial charge in [0.25, 0.3) is 0 Å². The van der Waals surface area contributed by atoms with Crippen LogP contribution in [0, 0.1) is 0 Å². The highest BCUT2D eigenvalue weighted by Gasteiger charge is 2.22. The Morgan fingerprint density at radius 3 is 3.27 bits per heavy atom. The highest BCUT2D eigenvalue weighted by atomic mass is 32.1. The Morgan fingerprint density at radius 2 is 2.60 bits per heavy atom. The van der Waals surface area contributed by atoms with Crippen molar-refractivity contribution in [2.45, 2.75) is 25.8 Å². The summed E-state index contributed by atoms with van der Waals surface area (Å²) < 4.78 is 0. The van der Waals surface area contributed by atoms with E-state index >= 15 is 0 Å². The maximum absolute atomic E-state index is 5.62. The van der Waals surface area contributed by atoms with Gasteiger partial charge in [-0.15, -0.1) is 0 Å². The zero-order chi connectivity index (χ0) is 10.7. The zero-order valence-corrected chi connectivity index (χ0v) is 9.89. The van der Waals surface area contributed by atoms with Crippen LogP contribution < -0.4 is 11.1 Å². The Balaban J connectivity index is 1.82. The first kappa shape index (κ1) is 10.7. The molecule has 15 heavy (non-hydrogen) atoms. The van der Waals surface area contributed by atoms with E-state index in [4.69, 9.17) is 5.73 Å². The molecular weight excluding hydrogens is 208 g/mol. The van der Waals surface area contributed by atoms with E-state index in [1.165, 1.54) is 30.7 Å². The lowest BCUT2D eigenvalue weighted by atomic mass is 10.2. The van der Waals surface area contributed by atoms with Crippen molar-refractivity contribution in [2.75, 3.05) is 30.7 Å². The van der Waals surface area contributed by atoms with Gasteiger partial charge < -0.3 is 11.1 Å². The molecule has 84 valence electrons. The molecule has 0 radical (unpaired) electrons. The van der Waals surface area contributed by atoms with Gasteiger partial charge in [-0.05, 0) is 25.9 Å². The van der Waals surface area contributed by atoms with Gasteiger partial charge in [0.05, 0.1) is 6.20 Å². The van der Waals surface area contributed by atoms with Crippen LogP contribution in [-0.2, 0) is 0 Å². The van der Waals surface area contributed by atoms with E-state index in [-0.39, 0.29) is 0 Å². The van der Waals surface area contributed by atoms with Crippen LogP contribution in [0.5, 0.6) is 0 Å². The predicted molar refractivity (Wildman–Crippen MR) is 65.3 cm³/mol. The molecule has 4 nitrogen and oxygen atoms in total. The van der Waals surface area contributed by atoms with Crippen LogP contribution in [0.15, 0.2) is 6.20 Å². The van der Waals surface area contributed by atoms with Crippen LogP contribution in [0.3, 0.4) is 0 Å². The van der Waals surface area contributed by atoms with Crippen LogP contribution in [-0.4, -0.2) is 35.6 Å². The van der Waals surface area contributed by atoms with Crippen LogP contribution in [0.2, 0.25) is 0 Å². The van der Waals surface area contributed by atoms with E-state index in [0.717, 1.165) is 23.2 Å². The number of likely N-dealkylation sites (N-methyl/N-ethyl adjacent to an activating group) is 1. The van der Waals surface area contributed by atoms with Crippen molar-refractivity contribution in [1.82, 2.24) is 9.88 Å². The minimum absolute atomic E-state index is 0.667. The highest BCUT2D eigenvalue weighted by molar-refractivity contribution is 7.19. The molecule has 0 spiro atoms. The summed E-state index contributed by atoms with van der Waals surface area (Å²) >= 11 is 1.52. The molecule has 0 saturated carbocycles. The van der Waals surface area contributed by atoms with Crippen molar-refractivity contribution in [2.24, 2.45) is 0 Å². The first-order chi connectivity index (χ1) is 7.29. The summed E-state index contributed by atoms with van der Waals surface area (Å²) in [4.78, 5) is 6.71. The molecule has 1 atom stereocenters. The molecule has 5 heteroatoms. The fourth-order valence-electron chi connectivity index (χ4n) is 2.12. The Labute approximate surface area is 94.5 Å². The smallest absolute Gasteiger partial charge is 0.184 e. The van der Waals surface area contributed by atoms with E-state index < -0.39 is 0 Å². The first-order valence-corrected chi connectivity index (χ1v) is 6.30. The second-order valence-corrected chi connectivity index (χ2v) is 4.94. The molecule has 0 bridgehead atoms. The minimum atomic E-state index is 0.667.